The Morgan fingerprint density at radius 2 is 1.57 bits per heavy atom. The van der Waals surface area contributed by atoms with Crippen LogP contribution in [0.15, 0.2) is 12.4 Å². The molecule has 0 amide bonds. The second-order valence-corrected chi connectivity index (χ2v) is 10.5. The van der Waals surface area contributed by atoms with Crippen molar-refractivity contribution in [3.05, 3.63) is 18.1 Å². The molecular weight excluding hydrogens is 576 g/mol. The number of methoxy groups -OCH3 is 1. The SMILES string of the molecule is COCCN(C)c1nc(C2CCN(CC3CC3)CC2)cc2c1ncn2C(C)C.O=C(O)C(F)(F)F.O=C(O)C(F)(F)F. The molecular formula is C26H37F6N5O5. The summed E-state index contributed by atoms with van der Waals surface area (Å²) in [5, 5.41) is 14.2. The third-order valence-electron chi connectivity index (χ3n) is 6.82. The maximum atomic E-state index is 10.6. The van der Waals surface area contributed by atoms with Gasteiger partial charge >= 0.3 is 24.3 Å². The molecule has 10 nitrogen and oxygen atoms in total. The van der Waals surface area contributed by atoms with E-state index in [1.54, 1.807) is 7.11 Å². The smallest absolute Gasteiger partial charge is 0.475 e. The van der Waals surface area contributed by atoms with Gasteiger partial charge in [-0.3, -0.25) is 0 Å². The molecule has 1 saturated carbocycles. The van der Waals surface area contributed by atoms with E-state index in [-0.39, 0.29) is 0 Å². The topological polar surface area (TPSA) is 121 Å². The monoisotopic (exact) mass is 613 g/mol. The van der Waals surface area contributed by atoms with Crippen LogP contribution in [-0.2, 0) is 14.3 Å². The Balaban J connectivity index is 0.000000367. The van der Waals surface area contributed by atoms with E-state index in [0.29, 0.717) is 18.6 Å². The predicted molar refractivity (Wildman–Crippen MR) is 142 cm³/mol. The molecule has 2 fully saturated rings. The fourth-order valence-corrected chi connectivity index (χ4v) is 4.33. The number of pyridine rings is 1. The van der Waals surface area contributed by atoms with Crippen LogP contribution >= 0.6 is 0 Å². The van der Waals surface area contributed by atoms with E-state index >= 15 is 0 Å². The normalized spacial score (nSPS) is 16.5. The van der Waals surface area contributed by atoms with Gasteiger partial charge in [0.15, 0.2) is 5.82 Å². The summed E-state index contributed by atoms with van der Waals surface area (Å²) in [7, 11) is 3.84. The number of anilines is 1. The number of fused-ring (bicyclic) bond motifs is 1. The Labute approximate surface area is 239 Å². The zero-order chi connectivity index (χ0) is 31.8. The van der Waals surface area contributed by atoms with Gasteiger partial charge in [-0.2, -0.15) is 26.3 Å². The summed E-state index contributed by atoms with van der Waals surface area (Å²) in [6.07, 6.45) is -2.90. The Hall–Kier alpha value is -3.14. The molecule has 42 heavy (non-hydrogen) atoms. The van der Waals surface area contributed by atoms with Gasteiger partial charge < -0.3 is 29.3 Å². The molecule has 2 aromatic heterocycles. The summed E-state index contributed by atoms with van der Waals surface area (Å²) in [5.41, 5.74) is 3.45. The van der Waals surface area contributed by atoms with Crippen molar-refractivity contribution in [2.24, 2.45) is 5.92 Å². The van der Waals surface area contributed by atoms with Crippen LogP contribution in [-0.4, -0.2) is 101 Å². The van der Waals surface area contributed by atoms with Crippen molar-refractivity contribution in [2.75, 3.05) is 51.8 Å². The summed E-state index contributed by atoms with van der Waals surface area (Å²) in [6.45, 7) is 9.66. The number of imidazole rings is 1. The van der Waals surface area contributed by atoms with Crippen molar-refractivity contribution in [1.82, 2.24) is 19.4 Å². The molecule has 4 rings (SSSR count). The van der Waals surface area contributed by atoms with Gasteiger partial charge in [-0.25, -0.2) is 19.6 Å². The molecule has 0 bridgehead atoms. The summed E-state index contributed by atoms with van der Waals surface area (Å²) < 4.78 is 71.0. The number of carbonyl (C=O) groups is 2. The van der Waals surface area contributed by atoms with Crippen LogP contribution < -0.4 is 4.90 Å². The molecule has 238 valence electrons. The number of hydrogen-bond acceptors (Lipinski definition) is 7. The first-order valence-corrected chi connectivity index (χ1v) is 13.4. The first-order chi connectivity index (χ1) is 19.4. The number of likely N-dealkylation sites (tertiary alicyclic amines) is 1. The van der Waals surface area contributed by atoms with Gasteiger partial charge in [-0.1, -0.05) is 0 Å². The number of alkyl halides is 6. The Bertz CT molecular complexity index is 1150. The average Bonchev–Trinajstić information content (AvgIpc) is 3.60. The lowest BCUT2D eigenvalue weighted by Gasteiger charge is -2.32. The zero-order valence-corrected chi connectivity index (χ0v) is 23.9. The lowest BCUT2D eigenvalue weighted by Crippen LogP contribution is -2.34. The molecule has 2 N–H and O–H groups in total. The minimum atomic E-state index is -5.08. The van der Waals surface area contributed by atoms with Crippen LogP contribution in [0.5, 0.6) is 0 Å². The minimum absolute atomic E-state index is 0.387. The van der Waals surface area contributed by atoms with E-state index in [4.69, 9.17) is 34.5 Å². The number of carboxylic acids is 2. The second kappa shape index (κ2) is 14.8. The van der Waals surface area contributed by atoms with Crippen molar-refractivity contribution in [3.8, 4) is 0 Å². The highest BCUT2D eigenvalue weighted by atomic mass is 19.4. The van der Waals surface area contributed by atoms with Crippen LogP contribution in [0.2, 0.25) is 0 Å². The maximum Gasteiger partial charge on any atom is 0.490 e. The van der Waals surface area contributed by atoms with Crippen molar-refractivity contribution in [1.29, 1.82) is 0 Å². The highest BCUT2D eigenvalue weighted by Crippen LogP contribution is 2.35. The first kappa shape index (κ1) is 35.1. The summed E-state index contributed by atoms with van der Waals surface area (Å²) in [6, 6.07) is 2.69. The van der Waals surface area contributed by atoms with Crippen LogP contribution in [0.25, 0.3) is 11.0 Å². The van der Waals surface area contributed by atoms with Gasteiger partial charge in [0.2, 0.25) is 0 Å². The van der Waals surface area contributed by atoms with Gasteiger partial charge in [0.25, 0.3) is 0 Å². The van der Waals surface area contributed by atoms with Gasteiger partial charge in [-0.15, -0.1) is 0 Å². The van der Waals surface area contributed by atoms with E-state index in [1.165, 1.54) is 56.5 Å². The summed E-state index contributed by atoms with van der Waals surface area (Å²) >= 11 is 0. The number of hydrogen-bond donors (Lipinski definition) is 2. The van der Waals surface area contributed by atoms with E-state index in [1.807, 2.05) is 6.33 Å². The zero-order valence-electron chi connectivity index (χ0n) is 23.9. The maximum absolute atomic E-state index is 10.6. The third-order valence-corrected chi connectivity index (χ3v) is 6.82. The van der Waals surface area contributed by atoms with Crippen molar-refractivity contribution in [2.45, 2.75) is 63.8 Å². The lowest BCUT2D eigenvalue weighted by atomic mass is 9.92. The average molecular weight is 614 g/mol. The molecule has 0 radical (unpaired) electrons. The number of nitrogens with zero attached hydrogens (tertiary/aromatic N) is 5. The molecule has 3 heterocycles. The number of aromatic nitrogens is 3. The van der Waals surface area contributed by atoms with Crippen molar-refractivity contribution >= 4 is 28.8 Å². The number of rotatable bonds is 8. The summed E-state index contributed by atoms with van der Waals surface area (Å²) in [4.78, 5) is 32.5. The Morgan fingerprint density at radius 3 is 2.00 bits per heavy atom. The Kier molecular flexibility index (Phi) is 12.4. The molecule has 0 atom stereocenters. The van der Waals surface area contributed by atoms with Crippen LogP contribution in [0.1, 0.15) is 57.2 Å². The van der Waals surface area contributed by atoms with Gasteiger partial charge in [0.1, 0.15) is 5.52 Å². The predicted octanol–water partition coefficient (Wildman–Crippen LogP) is 4.95. The van der Waals surface area contributed by atoms with E-state index in [9.17, 15) is 26.3 Å². The van der Waals surface area contributed by atoms with Crippen LogP contribution in [0.4, 0.5) is 32.2 Å². The Morgan fingerprint density at radius 1 is 1.05 bits per heavy atom. The van der Waals surface area contributed by atoms with Gasteiger partial charge in [0, 0.05) is 44.9 Å². The molecule has 1 saturated heterocycles. The van der Waals surface area contributed by atoms with Crippen LogP contribution in [0, 0.1) is 5.92 Å². The molecule has 0 unspecified atom stereocenters. The fraction of sp³-hybridized carbons (Fsp3) is 0.692. The quantitative estimate of drug-likeness (QED) is 0.399. The van der Waals surface area contributed by atoms with Gasteiger partial charge in [0.05, 0.1) is 18.5 Å². The third kappa shape index (κ3) is 10.6. The van der Waals surface area contributed by atoms with E-state index in [0.717, 1.165) is 23.8 Å². The highest BCUT2D eigenvalue weighted by Gasteiger charge is 2.39. The molecule has 0 spiro atoms. The molecule has 1 aliphatic carbocycles. The summed E-state index contributed by atoms with van der Waals surface area (Å²) in [5.74, 6) is -3.00. The molecule has 2 aromatic rings. The number of piperidine rings is 1. The molecule has 0 aromatic carbocycles. The standard InChI is InChI=1S/C22H35N5O.2C2HF3O2/c1-16(2)27-15-23-21-20(27)13-19(24-22(21)25(3)11-12-28-4)18-7-9-26(10-8-18)14-17-5-6-17;2*3-2(4,5)1(6)7/h13,15-18H,5-12,14H2,1-4H3;2*(H,6,7). The first-order valence-electron chi connectivity index (χ1n) is 13.4. The van der Waals surface area contributed by atoms with Crippen molar-refractivity contribution < 1.29 is 50.9 Å². The second-order valence-electron chi connectivity index (χ2n) is 10.5. The molecule has 1 aliphatic heterocycles. The van der Waals surface area contributed by atoms with E-state index in [2.05, 4.69) is 41.3 Å². The number of ether oxygens (including phenoxy) is 1. The highest BCUT2D eigenvalue weighted by molar-refractivity contribution is 5.87. The minimum Gasteiger partial charge on any atom is -0.475 e. The lowest BCUT2D eigenvalue weighted by molar-refractivity contribution is -0.193. The largest absolute Gasteiger partial charge is 0.490 e. The van der Waals surface area contributed by atoms with Crippen molar-refractivity contribution in [3.63, 3.8) is 0 Å². The molecule has 16 heteroatoms. The van der Waals surface area contributed by atoms with E-state index < -0.39 is 24.3 Å². The number of carboxylic acid groups (broad SMARTS) is 2. The van der Waals surface area contributed by atoms with Crippen LogP contribution in [0.3, 0.4) is 0 Å². The number of halogens is 6. The number of aliphatic carboxylic acids is 2. The molecule has 2 aliphatic rings. The fourth-order valence-electron chi connectivity index (χ4n) is 4.33. The number of likely N-dealkylation sites (N-methyl/N-ethyl adjacent to an activating group) is 1. The van der Waals surface area contributed by atoms with Gasteiger partial charge in [-0.05, 0) is 64.6 Å².